The highest BCUT2D eigenvalue weighted by Crippen LogP contribution is 2.22. The molecule has 0 saturated carbocycles. The molecule has 0 aliphatic carbocycles. The van der Waals surface area contributed by atoms with E-state index >= 15 is 0 Å². The maximum Gasteiger partial charge on any atom is 0.0663 e. The molecule has 0 saturated heterocycles. The molecule has 0 aliphatic rings. The van der Waals surface area contributed by atoms with E-state index in [0.717, 1.165) is 19.3 Å². The molecule has 0 spiro atoms. The first-order chi connectivity index (χ1) is 7.39. The lowest BCUT2D eigenvalue weighted by atomic mass is 9.98. The third-order valence-corrected chi connectivity index (χ3v) is 2.90. The molecule has 5 heteroatoms. The Kier molecular flexibility index (Phi) is 6.41. The largest absolute Gasteiger partial charge is 0.375 e. The Balaban J connectivity index is 4.09. The van der Waals surface area contributed by atoms with E-state index in [1.165, 1.54) is 0 Å². The van der Waals surface area contributed by atoms with Crippen LogP contribution in [0.4, 0.5) is 0 Å². The fraction of sp³-hybridized carbons (Fsp3) is 1.00. The van der Waals surface area contributed by atoms with Crippen molar-refractivity contribution >= 4 is 0 Å². The summed E-state index contributed by atoms with van der Waals surface area (Å²) in [6.45, 7) is 9.19. The average molecular weight is 228 g/mol. The van der Waals surface area contributed by atoms with Crippen LogP contribution in [-0.2, 0) is 4.74 Å². The molecular formula is C11H24N4O. The second-order valence-electron chi connectivity index (χ2n) is 4.94. The van der Waals surface area contributed by atoms with Crippen LogP contribution in [0.2, 0.25) is 0 Å². The van der Waals surface area contributed by atoms with E-state index in [2.05, 4.69) is 23.9 Å². The van der Waals surface area contributed by atoms with Crippen LogP contribution in [0.5, 0.6) is 0 Å². The molecule has 0 aliphatic heterocycles. The smallest absolute Gasteiger partial charge is 0.0663 e. The second-order valence-corrected chi connectivity index (χ2v) is 4.94. The minimum Gasteiger partial charge on any atom is -0.375 e. The number of rotatable bonds is 8. The minimum atomic E-state index is -0.383. The van der Waals surface area contributed by atoms with E-state index in [-0.39, 0.29) is 11.1 Å². The molecular weight excluding hydrogens is 204 g/mol. The minimum absolute atomic E-state index is 0.152. The summed E-state index contributed by atoms with van der Waals surface area (Å²) in [6.07, 6.45) is 2.51. The summed E-state index contributed by atoms with van der Waals surface area (Å²) in [7, 11) is 0. The standard InChI is InChI=1S/C11H24N4O/c1-5-11(4,6-8-12)16-9-7-10(2,3)14-15-13/h5-9,12H2,1-4H3. The Hall–Kier alpha value is -0.770. The topological polar surface area (TPSA) is 84.0 Å². The summed E-state index contributed by atoms with van der Waals surface area (Å²) in [6, 6.07) is 0. The monoisotopic (exact) mass is 228 g/mol. The fourth-order valence-corrected chi connectivity index (χ4v) is 1.37. The Morgan fingerprint density at radius 3 is 2.38 bits per heavy atom. The van der Waals surface area contributed by atoms with E-state index in [0.29, 0.717) is 13.2 Å². The molecule has 0 fully saturated rings. The molecule has 1 atom stereocenters. The van der Waals surface area contributed by atoms with Gasteiger partial charge in [0, 0.05) is 17.1 Å². The summed E-state index contributed by atoms with van der Waals surface area (Å²) in [5.41, 5.74) is 13.4. The zero-order chi connectivity index (χ0) is 12.7. The predicted octanol–water partition coefficient (Wildman–Crippen LogP) is 3.00. The van der Waals surface area contributed by atoms with Crippen molar-refractivity contribution in [2.45, 2.75) is 58.1 Å². The van der Waals surface area contributed by atoms with E-state index in [4.69, 9.17) is 16.0 Å². The third kappa shape index (κ3) is 5.95. The van der Waals surface area contributed by atoms with Gasteiger partial charge in [-0.05, 0) is 38.3 Å². The van der Waals surface area contributed by atoms with Gasteiger partial charge in [0.25, 0.3) is 0 Å². The third-order valence-electron chi connectivity index (χ3n) is 2.90. The van der Waals surface area contributed by atoms with Gasteiger partial charge in [0.15, 0.2) is 0 Å². The van der Waals surface area contributed by atoms with Crippen molar-refractivity contribution in [2.75, 3.05) is 13.2 Å². The number of hydrogen-bond donors (Lipinski definition) is 1. The highest BCUT2D eigenvalue weighted by atomic mass is 16.5. The van der Waals surface area contributed by atoms with E-state index in [9.17, 15) is 0 Å². The molecule has 0 aromatic heterocycles. The summed E-state index contributed by atoms with van der Waals surface area (Å²) in [5.74, 6) is 0. The van der Waals surface area contributed by atoms with Gasteiger partial charge in [-0.25, -0.2) is 0 Å². The molecule has 0 bridgehead atoms. The van der Waals surface area contributed by atoms with Crippen LogP contribution < -0.4 is 5.73 Å². The fourth-order valence-electron chi connectivity index (χ4n) is 1.37. The Bertz CT molecular complexity index is 248. The maximum atomic E-state index is 8.39. The van der Waals surface area contributed by atoms with Crippen molar-refractivity contribution in [1.29, 1.82) is 0 Å². The molecule has 0 rings (SSSR count). The first kappa shape index (κ1) is 15.2. The second kappa shape index (κ2) is 6.74. The number of azide groups is 1. The SMILES string of the molecule is CCC(C)(CCN)OCCC(C)(C)N=[N+]=[N-]. The molecule has 2 N–H and O–H groups in total. The van der Waals surface area contributed by atoms with E-state index in [1.807, 2.05) is 13.8 Å². The van der Waals surface area contributed by atoms with Crippen LogP contribution in [0.1, 0.15) is 47.0 Å². The molecule has 94 valence electrons. The maximum absolute atomic E-state index is 8.39. The van der Waals surface area contributed by atoms with Gasteiger partial charge < -0.3 is 10.5 Å². The van der Waals surface area contributed by atoms with Gasteiger partial charge in [0.2, 0.25) is 0 Å². The Morgan fingerprint density at radius 2 is 1.94 bits per heavy atom. The number of hydrogen-bond acceptors (Lipinski definition) is 3. The van der Waals surface area contributed by atoms with Crippen molar-refractivity contribution < 1.29 is 4.74 Å². The number of ether oxygens (including phenoxy) is 1. The molecule has 16 heavy (non-hydrogen) atoms. The van der Waals surface area contributed by atoms with Crippen molar-refractivity contribution in [3.63, 3.8) is 0 Å². The van der Waals surface area contributed by atoms with Gasteiger partial charge in [0.1, 0.15) is 0 Å². The quantitative estimate of drug-likeness (QED) is 0.393. The Labute approximate surface area is 98.0 Å². The molecule has 0 aromatic carbocycles. The average Bonchev–Trinajstić information content (AvgIpc) is 2.17. The van der Waals surface area contributed by atoms with Crippen LogP contribution in [0.25, 0.3) is 10.4 Å². The summed E-state index contributed by atoms with van der Waals surface area (Å²) in [5, 5.41) is 3.72. The van der Waals surface area contributed by atoms with Crippen molar-refractivity contribution in [3.05, 3.63) is 10.4 Å². The van der Waals surface area contributed by atoms with Gasteiger partial charge in [0.05, 0.1) is 5.60 Å². The van der Waals surface area contributed by atoms with E-state index < -0.39 is 0 Å². The first-order valence-electron chi connectivity index (χ1n) is 5.79. The normalized spacial score (nSPS) is 15.3. The van der Waals surface area contributed by atoms with Gasteiger partial charge in [-0.2, -0.15) is 0 Å². The number of nitrogens with zero attached hydrogens (tertiary/aromatic N) is 3. The van der Waals surface area contributed by atoms with E-state index in [1.54, 1.807) is 0 Å². The molecule has 0 amide bonds. The number of nitrogens with two attached hydrogens (primary N) is 1. The molecule has 1 unspecified atom stereocenters. The lowest BCUT2D eigenvalue weighted by Gasteiger charge is -2.29. The van der Waals surface area contributed by atoms with Crippen LogP contribution in [0.3, 0.4) is 0 Å². The van der Waals surface area contributed by atoms with Crippen LogP contribution in [0, 0.1) is 0 Å². The van der Waals surface area contributed by atoms with Crippen molar-refractivity contribution in [1.82, 2.24) is 0 Å². The van der Waals surface area contributed by atoms with Gasteiger partial charge in [-0.3, -0.25) is 0 Å². The molecule has 0 aromatic rings. The predicted molar refractivity (Wildman–Crippen MR) is 66.2 cm³/mol. The van der Waals surface area contributed by atoms with Crippen LogP contribution >= 0.6 is 0 Å². The van der Waals surface area contributed by atoms with Gasteiger partial charge in [-0.15, -0.1) is 0 Å². The molecule has 0 radical (unpaired) electrons. The zero-order valence-electron chi connectivity index (χ0n) is 10.9. The molecule has 5 nitrogen and oxygen atoms in total. The first-order valence-corrected chi connectivity index (χ1v) is 5.79. The molecule has 0 heterocycles. The zero-order valence-corrected chi connectivity index (χ0v) is 10.9. The lowest BCUT2D eigenvalue weighted by molar-refractivity contribution is -0.0437. The summed E-state index contributed by atoms with van der Waals surface area (Å²) < 4.78 is 5.84. The van der Waals surface area contributed by atoms with Gasteiger partial charge in [-0.1, -0.05) is 25.9 Å². The highest BCUT2D eigenvalue weighted by molar-refractivity contribution is 4.79. The van der Waals surface area contributed by atoms with Crippen LogP contribution in [-0.4, -0.2) is 24.3 Å². The summed E-state index contributed by atoms with van der Waals surface area (Å²) in [4.78, 5) is 2.83. The van der Waals surface area contributed by atoms with Crippen LogP contribution in [0.15, 0.2) is 5.11 Å². The highest BCUT2D eigenvalue weighted by Gasteiger charge is 2.23. The lowest BCUT2D eigenvalue weighted by Crippen LogP contribution is -2.32. The van der Waals surface area contributed by atoms with Gasteiger partial charge >= 0.3 is 0 Å². The Morgan fingerprint density at radius 1 is 1.31 bits per heavy atom. The van der Waals surface area contributed by atoms with Crippen molar-refractivity contribution in [2.24, 2.45) is 10.8 Å². The summed E-state index contributed by atoms with van der Waals surface area (Å²) >= 11 is 0. The van der Waals surface area contributed by atoms with Crippen molar-refractivity contribution in [3.8, 4) is 0 Å².